The maximum atomic E-state index is 11.4. The molecule has 100 valence electrons. The lowest BCUT2D eigenvalue weighted by Crippen LogP contribution is -2.57. The lowest BCUT2D eigenvalue weighted by atomic mass is 10.0. The van der Waals surface area contributed by atoms with Gasteiger partial charge in [-0.05, 0) is 0 Å². The van der Waals surface area contributed by atoms with Crippen molar-refractivity contribution in [2.45, 2.75) is 12.0 Å². The molecule has 0 radical (unpaired) electrons. The van der Waals surface area contributed by atoms with E-state index >= 15 is 0 Å². The molecule has 0 fully saturated rings. The molecule has 0 bridgehead atoms. The van der Waals surface area contributed by atoms with Crippen LogP contribution in [-0.4, -0.2) is 64.0 Å². The zero-order chi connectivity index (χ0) is 13.3. The van der Waals surface area contributed by atoms with Gasteiger partial charge in [-0.1, -0.05) is 0 Å². The SMILES string of the molecule is NC(=O)CSCCC(=O)NC(CO)(CO)CO. The van der Waals surface area contributed by atoms with Crippen molar-refractivity contribution in [2.24, 2.45) is 5.73 Å². The van der Waals surface area contributed by atoms with Crippen LogP contribution in [0.15, 0.2) is 0 Å². The number of thioether (sulfide) groups is 1. The zero-order valence-corrected chi connectivity index (χ0v) is 10.2. The molecule has 0 saturated carbocycles. The Bertz CT molecular complexity index is 250. The molecule has 0 aromatic rings. The van der Waals surface area contributed by atoms with E-state index in [-0.39, 0.29) is 12.2 Å². The third-order valence-corrected chi connectivity index (χ3v) is 3.01. The first-order valence-corrected chi connectivity index (χ1v) is 6.15. The van der Waals surface area contributed by atoms with Crippen LogP contribution in [0.1, 0.15) is 6.42 Å². The second kappa shape index (κ2) is 8.29. The second-order valence-electron chi connectivity index (χ2n) is 3.57. The van der Waals surface area contributed by atoms with E-state index in [1.54, 1.807) is 0 Å². The number of aliphatic hydroxyl groups excluding tert-OH is 3. The normalized spacial score (nSPS) is 11.2. The summed E-state index contributed by atoms with van der Waals surface area (Å²) in [5, 5.41) is 29.3. The van der Waals surface area contributed by atoms with Gasteiger partial charge in [0.15, 0.2) is 0 Å². The van der Waals surface area contributed by atoms with Crippen molar-refractivity contribution in [1.29, 1.82) is 0 Å². The van der Waals surface area contributed by atoms with E-state index in [0.717, 1.165) is 0 Å². The lowest BCUT2D eigenvalue weighted by Gasteiger charge is -2.28. The Kier molecular flexibility index (Phi) is 7.88. The van der Waals surface area contributed by atoms with Crippen molar-refractivity contribution < 1.29 is 24.9 Å². The molecule has 0 atom stereocenters. The van der Waals surface area contributed by atoms with Crippen LogP contribution in [0, 0.1) is 0 Å². The van der Waals surface area contributed by atoms with E-state index in [4.69, 9.17) is 21.1 Å². The van der Waals surface area contributed by atoms with E-state index in [2.05, 4.69) is 5.32 Å². The average Bonchev–Trinajstić information content (AvgIpc) is 2.32. The molecule has 0 aliphatic carbocycles. The van der Waals surface area contributed by atoms with Crippen molar-refractivity contribution in [1.82, 2.24) is 5.32 Å². The van der Waals surface area contributed by atoms with Crippen LogP contribution in [0.4, 0.5) is 0 Å². The molecule has 2 amide bonds. The van der Waals surface area contributed by atoms with Crippen molar-refractivity contribution in [2.75, 3.05) is 31.3 Å². The Hall–Kier alpha value is -0.830. The van der Waals surface area contributed by atoms with E-state index in [1.807, 2.05) is 0 Å². The van der Waals surface area contributed by atoms with Crippen molar-refractivity contribution >= 4 is 23.6 Å². The van der Waals surface area contributed by atoms with E-state index in [9.17, 15) is 9.59 Å². The molecule has 0 aliphatic rings. The summed E-state index contributed by atoms with van der Waals surface area (Å²) in [5.74, 6) is -0.337. The molecule has 0 heterocycles. The van der Waals surface area contributed by atoms with Gasteiger partial charge in [0.1, 0.15) is 5.54 Å². The molecule has 8 heteroatoms. The fraction of sp³-hybridized carbons (Fsp3) is 0.778. The van der Waals surface area contributed by atoms with Gasteiger partial charge in [-0.15, -0.1) is 0 Å². The molecule has 0 unspecified atom stereocenters. The van der Waals surface area contributed by atoms with Crippen LogP contribution >= 0.6 is 11.8 Å². The Morgan fingerprint density at radius 2 is 1.71 bits per heavy atom. The number of nitrogens with two attached hydrogens (primary N) is 1. The topological polar surface area (TPSA) is 133 Å². The number of carbonyl (C=O) groups excluding carboxylic acids is 2. The summed E-state index contributed by atoms with van der Waals surface area (Å²) >= 11 is 1.22. The molecular formula is C9H18N2O5S. The quantitative estimate of drug-likeness (QED) is 0.291. The lowest BCUT2D eigenvalue weighted by molar-refractivity contribution is -0.125. The number of amides is 2. The van der Waals surface area contributed by atoms with Gasteiger partial charge in [0.25, 0.3) is 0 Å². The summed E-state index contributed by atoms with van der Waals surface area (Å²) in [6.07, 6.45) is 0.111. The number of nitrogens with one attached hydrogen (secondary N) is 1. The molecule has 7 nitrogen and oxygen atoms in total. The zero-order valence-electron chi connectivity index (χ0n) is 9.39. The first kappa shape index (κ1) is 16.2. The molecular weight excluding hydrogens is 248 g/mol. The summed E-state index contributed by atoms with van der Waals surface area (Å²) < 4.78 is 0. The highest BCUT2D eigenvalue weighted by Gasteiger charge is 2.29. The third-order valence-electron chi connectivity index (χ3n) is 2.03. The minimum atomic E-state index is -1.40. The number of rotatable bonds is 9. The van der Waals surface area contributed by atoms with E-state index in [1.165, 1.54) is 11.8 Å². The Morgan fingerprint density at radius 3 is 2.12 bits per heavy atom. The summed E-state index contributed by atoms with van der Waals surface area (Å²) in [5.41, 5.74) is 3.52. The van der Waals surface area contributed by atoms with Crippen LogP contribution in [0.25, 0.3) is 0 Å². The predicted molar refractivity (Wildman–Crippen MR) is 63.3 cm³/mol. The fourth-order valence-electron chi connectivity index (χ4n) is 0.964. The summed E-state index contributed by atoms with van der Waals surface area (Å²) in [6, 6.07) is 0. The average molecular weight is 266 g/mol. The standard InChI is InChI=1S/C9H18N2O5S/c10-7(15)3-17-2-1-8(16)11-9(4-12,5-13)6-14/h12-14H,1-6H2,(H2,10,15)(H,11,16). The highest BCUT2D eigenvalue weighted by atomic mass is 32.2. The van der Waals surface area contributed by atoms with Gasteiger partial charge in [-0.2, -0.15) is 11.8 Å². The van der Waals surface area contributed by atoms with Crippen LogP contribution in [0.3, 0.4) is 0 Å². The van der Waals surface area contributed by atoms with Crippen LogP contribution in [0.2, 0.25) is 0 Å². The number of carbonyl (C=O) groups is 2. The van der Waals surface area contributed by atoms with Gasteiger partial charge >= 0.3 is 0 Å². The van der Waals surface area contributed by atoms with Gasteiger partial charge < -0.3 is 26.4 Å². The van der Waals surface area contributed by atoms with Crippen molar-refractivity contribution in [3.05, 3.63) is 0 Å². The van der Waals surface area contributed by atoms with Crippen LogP contribution in [-0.2, 0) is 9.59 Å². The van der Waals surface area contributed by atoms with Crippen molar-refractivity contribution in [3.63, 3.8) is 0 Å². The van der Waals surface area contributed by atoms with Gasteiger partial charge in [0, 0.05) is 12.2 Å². The summed E-state index contributed by atoms with van der Waals surface area (Å²) in [4.78, 5) is 21.8. The van der Waals surface area contributed by atoms with E-state index < -0.39 is 37.2 Å². The Labute approximate surface area is 103 Å². The molecule has 6 N–H and O–H groups in total. The molecule has 0 rings (SSSR count). The molecule has 0 spiro atoms. The fourth-order valence-corrected chi connectivity index (χ4v) is 1.64. The summed E-state index contributed by atoms with van der Waals surface area (Å²) in [6.45, 7) is -1.67. The van der Waals surface area contributed by atoms with Crippen molar-refractivity contribution in [3.8, 4) is 0 Å². The predicted octanol–water partition coefficient (Wildman–Crippen LogP) is -2.57. The second-order valence-corrected chi connectivity index (χ2v) is 4.68. The number of hydrogen-bond donors (Lipinski definition) is 5. The highest BCUT2D eigenvalue weighted by molar-refractivity contribution is 7.99. The number of aliphatic hydroxyl groups is 3. The van der Waals surface area contributed by atoms with Crippen LogP contribution < -0.4 is 11.1 Å². The first-order chi connectivity index (χ1) is 7.99. The largest absolute Gasteiger partial charge is 0.394 e. The monoisotopic (exact) mass is 266 g/mol. The maximum absolute atomic E-state index is 11.4. The minimum Gasteiger partial charge on any atom is -0.394 e. The molecule has 17 heavy (non-hydrogen) atoms. The molecule has 0 aromatic heterocycles. The minimum absolute atomic E-state index is 0.111. The maximum Gasteiger partial charge on any atom is 0.227 e. The Morgan fingerprint density at radius 1 is 1.18 bits per heavy atom. The summed E-state index contributed by atoms with van der Waals surface area (Å²) in [7, 11) is 0. The Balaban J connectivity index is 3.95. The smallest absolute Gasteiger partial charge is 0.227 e. The van der Waals surface area contributed by atoms with Crippen LogP contribution in [0.5, 0.6) is 0 Å². The molecule has 0 aromatic carbocycles. The highest BCUT2D eigenvalue weighted by Crippen LogP contribution is 2.05. The van der Waals surface area contributed by atoms with E-state index in [0.29, 0.717) is 5.75 Å². The van der Waals surface area contributed by atoms with Gasteiger partial charge in [-0.3, -0.25) is 9.59 Å². The molecule has 0 saturated heterocycles. The van der Waals surface area contributed by atoms with Gasteiger partial charge in [0.2, 0.25) is 11.8 Å². The number of primary amides is 1. The van der Waals surface area contributed by atoms with Gasteiger partial charge in [-0.25, -0.2) is 0 Å². The van der Waals surface area contributed by atoms with Gasteiger partial charge in [0.05, 0.1) is 25.6 Å². The first-order valence-electron chi connectivity index (χ1n) is 4.99. The number of hydrogen-bond acceptors (Lipinski definition) is 6. The molecule has 0 aliphatic heterocycles. The third kappa shape index (κ3) is 6.47.